The van der Waals surface area contributed by atoms with E-state index in [1.807, 2.05) is 30.3 Å². The lowest BCUT2D eigenvalue weighted by atomic mass is 10.2. The highest BCUT2D eigenvalue weighted by Crippen LogP contribution is 2.05. The Bertz CT molecular complexity index is 377. The molecule has 0 aromatic heterocycles. The first-order chi connectivity index (χ1) is 10.3. The molecule has 1 fully saturated rings. The molecule has 5 nitrogen and oxygen atoms in total. The Labute approximate surface area is 126 Å². The second-order valence-corrected chi connectivity index (χ2v) is 4.79. The number of esters is 1. The predicted molar refractivity (Wildman–Crippen MR) is 80.8 cm³/mol. The van der Waals surface area contributed by atoms with Crippen LogP contribution in [0.5, 0.6) is 0 Å². The van der Waals surface area contributed by atoms with Gasteiger partial charge < -0.3 is 19.9 Å². The minimum atomic E-state index is -0.132. The average Bonchev–Trinajstić information content (AvgIpc) is 3.07. The molecule has 118 valence electrons. The molecule has 1 aliphatic heterocycles. The molecule has 2 rings (SSSR count). The van der Waals surface area contributed by atoms with Gasteiger partial charge in [0.25, 0.3) is 0 Å². The second kappa shape index (κ2) is 11.3. The fraction of sp³-hybridized carbons (Fsp3) is 0.562. The molecule has 0 amide bonds. The minimum Gasteiger partial charge on any atom is -0.468 e. The molecule has 1 atom stereocenters. The topological polar surface area (TPSA) is 67.8 Å². The van der Waals surface area contributed by atoms with E-state index in [1.165, 1.54) is 12.7 Å². The lowest BCUT2D eigenvalue weighted by molar-refractivity contribution is -0.142. The summed E-state index contributed by atoms with van der Waals surface area (Å²) in [5.74, 6) is -0.132. The van der Waals surface area contributed by atoms with Crippen molar-refractivity contribution in [2.45, 2.75) is 31.9 Å². The zero-order valence-electron chi connectivity index (χ0n) is 12.6. The first-order valence-corrected chi connectivity index (χ1v) is 7.31. The largest absolute Gasteiger partial charge is 0.468 e. The van der Waals surface area contributed by atoms with E-state index < -0.39 is 0 Å². The minimum absolute atomic E-state index is 0.0324. The van der Waals surface area contributed by atoms with Crippen LogP contribution in [0.15, 0.2) is 30.3 Å². The molecule has 1 heterocycles. The average molecular weight is 295 g/mol. The van der Waals surface area contributed by atoms with Crippen molar-refractivity contribution in [3.05, 3.63) is 35.9 Å². The number of rotatable bonds is 6. The maximum atomic E-state index is 10.7. The van der Waals surface area contributed by atoms with Crippen molar-refractivity contribution in [2.75, 3.05) is 26.9 Å². The molecule has 1 aromatic rings. The molecule has 1 unspecified atom stereocenters. The van der Waals surface area contributed by atoms with Crippen LogP contribution >= 0.6 is 0 Å². The summed E-state index contributed by atoms with van der Waals surface area (Å²) in [7, 11) is 1.42. The summed E-state index contributed by atoms with van der Waals surface area (Å²) in [4.78, 5) is 10.7. The Morgan fingerprint density at radius 1 is 1.38 bits per heavy atom. The van der Waals surface area contributed by atoms with Gasteiger partial charge in [-0.2, -0.15) is 0 Å². The van der Waals surface area contributed by atoms with Gasteiger partial charge in [0.15, 0.2) is 0 Å². The van der Waals surface area contributed by atoms with E-state index in [1.54, 1.807) is 0 Å². The Morgan fingerprint density at radius 2 is 2.14 bits per heavy atom. The van der Waals surface area contributed by atoms with Gasteiger partial charge in [-0.15, -0.1) is 0 Å². The summed E-state index contributed by atoms with van der Waals surface area (Å²) in [5, 5.41) is 11.5. The Balaban J connectivity index is 0.000000219. The van der Waals surface area contributed by atoms with Gasteiger partial charge in [0.05, 0.1) is 13.7 Å². The Kier molecular flexibility index (Phi) is 9.44. The lowest BCUT2D eigenvalue weighted by Crippen LogP contribution is -2.31. The van der Waals surface area contributed by atoms with E-state index in [9.17, 15) is 4.79 Å². The third kappa shape index (κ3) is 7.80. The summed E-state index contributed by atoms with van der Waals surface area (Å²) >= 11 is 0. The van der Waals surface area contributed by atoms with E-state index >= 15 is 0 Å². The highest BCUT2D eigenvalue weighted by atomic mass is 16.5. The van der Waals surface area contributed by atoms with Crippen molar-refractivity contribution >= 4 is 5.97 Å². The van der Waals surface area contributed by atoms with Gasteiger partial charge in [-0.3, -0.25) is 4.79 Å². The summed E-state index contributed by atoms with van der Waals surface area (Å²) < 4.78 is 9.83. The monoisotopic (exact) mass is 295 g/mol. The van der Waals surface area contributed by atoms with E-state index in [0.29, 0.717) is 19.6 Å². The highest BCUT2D eigenvalue weighted by Gasteiger charge is 2.21. The molecule has 1 saturated heterocycles. The van der Waals surface area contributed by atoms with Crippen LogP contribution < -0.4 is 5.32 Å². The molecule has 1 aromatic carbocycles. The summed E-state index contributed by atoms with van der Waals surface area (Å²) in [5.41, 5.74) is 1.18. The van der Waals surface area contributed by atoms with Crippen LogP contribution in [-0.2, 0) is 20.9 Å². The Hall–Kier alpha value is -1.43. The number of benzene rings is 1. The molecule has 21 heavy (non-hydrogen) atoms. The van der Waals surface area contributed by atoms with Crippen molar-refractivity contribution in [2.24, 2.45) is 0 Å². The van der Waals surface area contributed by atoms with Crippen molar-refractivity contribution in [3.8, 4) is 0 Å². The SMILES string of the molecule is COC(=O)C1CCCN1.OCCCOCc1ccccc1. The van der Waals surface area contributed by atoms with E-state index in [2.05, 4.69) is 10.1 Å². The quantitative estimate of drug-likeness (QED) is 0.615. The molecular formula is C16H25NO4. The van der Waals surface area contributed by atoms with Gasteiger partial charge in [0.1, 0.15) is 6.04 Å². The summed E-state index contributed by atoms with van der Waals surface area (Å²) in [6.45, 7) is 2.42. The van der Waals surface area contributed by atoms with Crippen molar-refractivity contribution < 1.29 is 19.4 Å². The molecule has 5 heteroatoms. The van der Waals surface area contributed by atoms with Gasteiger partial charge in [0, 0.05) is 13.2 Å². The standard InChI is InChI=1S/C10H14O2.C6H11NO2/c11-7-4-8-12-9-10-5-2-1-3-6-10;1-9-6(8)5-3-2-4-7-5/h1-3,5-6,11H,4,7-9H2;5,7H,2-4H2,1H3. The smallest absolute Gasteiger partial charge is 0.322 e. The van der Waals surface area contributed by atoms with Gasteiger partial charge >= 0.3 is 5.97 Å². The van der Waals surface area contributed by atoms with Gasteiger partial charge in [-0.1, -0.05) is 30.3 Å². The third-order valence-electron chi connectivity index (χ3n) is 3.10. The zero-order chi connectivity index (χ0) is 15.3. The summed E-state index contributed by atoms with van der Waals surface area (Å²) in [6, 6.07) is 9.99. The number of methoxy groups -OCH3 is 1. The fourth-order valence-corrected chi connectivity index (χ4v) is 1.96. The number of carbonyl (C=O) groups is 1. The third-order valence-corrected chi connectivity index (χ3v) is 3.10. The first kappa shape index (κ1) is 17.6. The second-order valence-electron chi connectivity index (χ2n) is 4.79. The molecule has 0 bridgehead atoms. The maximum Gasteiger partial charge on any atom is 0.322 e. The number of nitrogens with one attached hydrogen (secondary N) is 1. The van der Waals surface area contributed by atoms with Crippen LogP contribution in [0.3, 0.4) is 0 Å². The van der Waals surface area contributed by atoms with Gasteiger partial charge in [0.2, 0.25) is 0 Å². The van der Waals surface area contributed by atoms with Crippen LogP contribution in [0.25, 0.3) is 0 Å². The number of carbonyl (C=O) groups excluding carboxylic acids is 1. The van der Waals surface area contributed by atoms with Gasteiger partial charge in [-0.05, 0) is 31.4 Å². The molecule has 0 radical (unpaired) electrons. The molecule has 0 aliphatic carbocycles. The molecule has 2 N–H and O–H groups in total. The van der Waals surface area contributed by atoms with Crippen LogP contribution in [0, 0.1) is 0 Å². The van der Waals surface area contributed by atoms with Crippen LogP contribution in [-0.4, -0.2) is 44.0 Å². The zero-order valence-corrected chi connectivity index (χ0v) is 12.6. The van der Waals surface area contributed by atoms with E-state index in [-0.39, 0.29) is 18.6 Å². The highest BCUT2D eigenvalue weighted by molar-refractivity contribution is 5.75. The van der Waals surface area contributed by atoms with Crippen LogP contribution in [0.1, 0.15) is 24.8 Å². The molecule has 0 spiro atoms. The van der Waals surface area contributed by atoms with Gasteiger partial charge in [-0.25, -0.2) is 0 Å². The van der Waals surface area contributed by atoms with E-state index in [0.717, 1.165) is 19.4 Å². The number of aliphatic hydroxyl groups is 1. The number of hydrogen-bond acceptors (Lipinski definition) is 5. The number of aliphatic hydroxyl groups excluding tert-OH is 1. The Morgan fingerprint density at radius 3 is 2.71 bits per heavy atom. The molecule has 1 aliphatic rings. The van der Waals surface area contributed by atoms with Crippen molar-refractivity contribution in [3.63, 3.8) is 0 Å². The molecular weight excluding hydrogens is 270 g/mol. The maximum absolute atomic E-state index is 10.7. The van der Waals surface area contributed by atoms with Crippen LogP contribution in [0.2, 0.25) is 0 Å². The first-order valence-electron chi connectivity index (χ1n) is 7.31. The lowest BCUT2D eigenvalue weighted by Gasteiger charge is -2.04. The number of hydrogen-bond donors (Lipinski definition) is 2. The van der Waals surface area contributed by atoms with E-state index in [4.69, 9.17) is 9.84 Å². The normalized spacial score (nSPS) is 17.0. The number of ether oxygens (including phenoxy) is 2. The van der Waals surface area contributed by atoms with Crippen LogP contribution in [0.4, 0.5) is 0 Å². The predicted octanol–water partition coefficient (Wildman–Crippen LogP) is 1.50. The summed E-state index contributed by atoms with van der Waals surface area (Å²) in [6.07, 6.45) is 2.72. The van der Waals surface area contributed by atoms with Crippen molar-refractivity contribution in [1.29, 1.82) is 0 Å². The van der Waals surface area contributed by atoms with Crippen molar-refractivity contribution in [1.82, 2.24) is 5.32 Å². The molecule has 0 saturated carbocycles. The fourth-order valence-electron chi connectivity index (χ4n) is 1.96.